The Balaban J connectivity index is 1.26. The van der Waals surface area contributed by atoms with E-state index in [9.17, 15) is 14.4 Å². The van der Waals surface area contributed by atoms with E-state index in [1.54, 1.807) is 11.3 Å². The van der Waals surface area contributed by atoms with Crippen molar-refractivity contribution in [2.45, 2.75) is 38.8 Å². The van der Waals surface area contributed by atoms with Crippen LogP contribution in [0.5, 0.6) is 0 Å². The molecule has 2 aromatic carbocycles. The largest absolute Gasteiger partial charge is 0.351 e. The number of thiophene rings is 1. The van der Waals surface area contributed by atoms with E-state index in [1.165, 1.54) is 22.2 Å². The van der Waals surface area contributed by atoms with Crippen LogP contribution in [0.4, 0.5) is 11.4 Å². The number of amides is 3. The molecule has 0 bridgehead atoms. The lowest BCUT2D eigenvalue weighted by Crippen LogP contribution is -2.42. The number of amidine groups is 2. The summed E-state index contributed by atoms with van der Waals surface area (Å²) in [5.41, 5.74) is 3.30. The highest BCUT2D eigenvalue weighted by molar-refractivity contribution is 8.14. The minimum absolute atomic E-state index is 0.0584. The van der Waals surface area contributed by atoms with Crippen LogP contribution in [0.3, 0.4) is 0 Å². The second-order valence-corrected chi connectivity index (χ2v) is 11.2. The van der Waals surface area contributed by atoms with Gasteiger partial charge in [-0.2, -0.15) is 0 Å². The highest BCUT2D eigenvalue weighted by atomic mass is 32.2. The number of nitrogens with one attached hydrogen (secondary N) is 2. The van der Waals surface area contributed by atoms with Crippen LogP contribution in [0, 0.1) is 0 Å². The summed E-state index contributed by atoms with van der Waals surface area (Å²) in [6.07, 6.45) is -0.0584. The standard InChI is InChI=1S/C28H27N5O3S2/c1-17(2)18-9-11-19(12-10-18)30-25(35)16-38-28-32-22-8-4-3-7-21(22)26-31-23(27(36)33(26)28)14-24(34)29-15-20-6-5-13-37-20/h3-13,17,23H,14-16H2,1-2H3,(H,29,34)(H,30,35). The Morgan fingerprint density at radius 1 is 1.05 bits per heavy atom. The first-order valence-corrected chi connectivity index (χ1v) is 14.2. The van der Waals surface area contributed by atoms with Gasteiger partial charge in [0.25, 0.3) is 5.91 Å². The summed E-state index contributed by atoms with van der Waals surface area (Å²) in [6.45, 7) is 4.65. The monoisotopic (exact) mass is 545 g/mol. The van der Waals surface area contributed by atoms with E-state index in [1.807, 2.05) is 66.0 Å². The molecule has 3 heterocycles. The molecule has 2 N–H and O–H groups in total. The van der Waals surface area contributed by atoms with Gasteiger partial charge in [-0.3, -0.25) is 19.4 Å². The van der Waals surface area contributed by atoms with E-state index < -0.39 is 6.04 Å². The molecule has 3 aromatic rings. The first-order chi connectivity index (χ1) is 18.4. The van der Waals surface area contributed by atoms with Crippen molar-refractivity contribution in [3.05, 3.63) is 82.0 Å². The van der Waals surface area contributed by atoms with Gasteiger partial charge in [0.2, 0.25) is 11.8 Å². The Morgan fingerprint density at radius 3 is 2.58 bits per heavy atom. The average Bonchev–Trinajstić information content (AvgIpc) is 3.55. The van der Waals surface area contributed by atoms with Crippen LogP contribution in [-0.2, 0) is 20.9 Å². The third-order valence-electron chi connectivity index (χ3n) is 6.16. The second kappa shape index (κ2) is 11.3. The molecule has 2 aliphatic rings. The summed E-state index contributed by atoms with van der Waals surface area (Å²) in [5.74, 6) is 0.162. The van der Waals surface area contributed by atoms with Crippen molar-refractivity contribution >= 4 is 63.2 Å². The normalized spacial score (nSPS) is 16.0. The lowest BCUT2D eigenvalue weighted by Gasteiger charge is -2.25. The van der Waals surface area contributed by atoms with Gasteiger partial charge in [-0.25, -0.2) is 9.89 Å². The highest BCUT2D eigenvalue weighted by Crippen LogP contribution is 2.34. The number of nitrogens with zero attached hydrogens (tertiary/aromatic N) is 3. The van der Waals surface area contributed by atoms with Gasteiger partial charge in [0.1, 0.15) is 11.9 Å². The molecule has 0 aliphatic carbocycles. The molecule has 1 unspecified atom stereocenters. The Morgan fingerprint density at radius 2 is 1.84 bits per heavy atom. The molecule has 0 fully saturated rings. The van der Waals surface area contributed by atoms with Crippen molar-refractivity contribution in [3.8, 4) is 0 Å². The summed E-state index contributed by atoms with van der Waals surface area (Å²) < 4.78 is 0. The van der Waals surface area contributed by atoms with Gasteiger partial charge in [-0.15, -0.1) is 11.3 Å². The molecule has 5 rings (SSSR count). The quantitative estimate of drug-likeness (QED) is 0.420. The first kappa shape index (κ1) is 25.9. The Labute approximate surface area is 229 Å². The van der Waals surface area contributed by atoms with E-state index in [2.05, 4.69) is 34.5 Å². The van der Waals surface area contributed by atoms with Crippen LogP contribution in [0.2, 0.25) is 0 Å². The fourth-order valence-electron chi connectivity index (χ4n) is 4.16. The number of fused-ring (bicyclic) bond motifs is 3. The minimum atomic E-state index is -0.849. The smallest absolute Gasteiger partial charge is 0.259 e. The molecular weight excluding hydrogens is 518 g/mol. The summed E-state index contributed by atoms with van der Waals surface area (Å²) in [4.78, 5) is 50.4. The molecule has 38 heavy (non-hydrogen) atoms. The number of carbonyl (C=O) groups excluding carboxylic acids is 3. The molecule has 194 valence electrons. The van der Waals surface area contributed by atoms with E-state index >= 15 is 0 Å². The number of thioether (sulfide) groups is 1. The zero-order valence-corrected chi connectivity index (χ0v) is 22.6. The highest BCUT2D eigenvalue weighted by Gasteiger charge is 2.42. The molecule has 0 saturated carbocycles. The molecule has 3 amide bonds. The minimum Gasteiger partial charge on any atom is -0.351 e. The maximum Gasteiger partial charge on any atom is 0.259 e. The fraction of sp³-hybridized carbons (Fsp3) is 0.250. The van der Waals surface area contributed by atoms with Crippen LogP contribution < -0.4 is 10.6 Å². The van der Waals surface area contributed by atoms with Crippen molar-refractivity contribution in [3.63, 3.8) is 0 Å². The lowest BCUT2D eigenvalue weighted by molar-refractivity contribution is -0.128. The molecule has 2 aliphatic heterocycles. The van der Waals surface area contributed by atoms with Crippen LogP contribution in [0.1, 0.15) is 42.2 Å². The molecule has 0 spiro atoms. The fourth-order valence-corrected chi connectivity index (χ4v) is 5.60. The summed E-state index contributed by atoms with van der Waals surface area (Å²) >= 11 is 2.73. The number of para-hydroxylation sites is 1. The van der Waals surface area contributed by atoms with Crippen molar-refractivity contribution < 1.29 is 14.4 Å². The van der Waals surface area contributed by atoms with Gasteiger partial charge < -0.3 is 10.6 Å². The van der Waals surface area contributed by atoms with Crippen molar-refractivity contribution in [2.75, 3.05) is 11.1 Å². The number of carbonyl (C=O) groups is 3. The van der Waals surface area contributed by atoms with E-state index in [0.717, 1.165) is 10.4 Å². The van der Waals surface area contributed by atoms with E-state index in [4.69, 9.17) is 0 Å². The number of benzene rings is 2. The van der Waals surface area contributed by atoms with Gasteiger partial charge >= 0.3 is 0 Å². The number of anilines is 1. The van der Waals surface area contributed by atoms with E-state index in [-0.39, 0.29) is 29.9 Å². The maximum atomic E-state index is 13.4. The average molecular weight is 546 g/mol. The molecule has 10 heteroatoms. The molecule has 8 nitrogen and oxygen atoms in total. The van der Waals surface area contributed by atoms with Crippen LogP contribution in [0.25, 0.3) is 0 Å². The summed E-state index contributed by atoms with van der Waals surface area (Å²) in [6, 6.07) is 18.2. The summed E-state index contributed by atoms with van der Waals surface area (Å²) in [7, 11) is 0. The molecule has 1 atom stereocenters. The van der Waals surface area contributed by atoms with Crippen molar-refractivity contribution in [2.24, 2.45) is 9.98 Å². The molecule has 0 radical (unpaired) electrons. The first-order valence-electron chi connectivity index (χ1n) is 12.3. The lowest BCUT2D eigenvalue weighted by atomic mass is 10.0. The van der Waals surface area contributed by atoms with Gasteiger partial charge in [-0.1, -0.05) is 55.9 Å². The predicted octanol–water partition coefficient (Wildman–Crippen LogP) is 4.91. The Bertz CT molecular complexity index is 1410. The summed E-state index contributed by atoms with van der Waals surface area (Å²) in [5, 5.41) is 8.08. The number of rotatable bonds is 8. The molecular formula is C28H27N5O3S2. The zero-order valence-electron chi connectivity index (χ0n) is 21.0. The Hall–Kier alpha value is -3.76. The number of hydrogen-bond donors (Lipinski definition) is 2. The third-order valence-corrected chi connectivity index (χ3v) is 7.97. The van der Waals surface area contributed by atoms with Crippen LogP contribution >= 0.6 is 23.1 Å². The van der Waals surface area contributed by atoms with Gasteiger partial charge in [0.15, 0.2) is 5.17 Å². The van der Waals surface area contributed by atoms with Gasteiger partial charge in [-0.05, 0) is 47.2 Å². The van der Waals surface area contributed by atoms with Gasteiger partial charge in [0.05, 0.1) is 24.4 Å². The zero-order chi connectivity index (χ0) is 26.6. The van der Waals surface area contributed by atoms with Crippen molar-refractivity contribution in [1.82, 2.24) is 10.2 Å². The van der Waals surface area contributed by atoms with Crippen LogP contribution in [0.15, 0.2) is 76.0 Å². The van der Waals surface area contributed by atoms with Crippen LogP contribution in [-0.4, -0.2) is 45.4 Å². The SMILES string of the molecule is CC(C)c1ccc(NC(=O)CSC2=Nc3ccccc3C3=NC(CC(=O)NCc4cccs4)C(=O)N23)cc1. The number of aliphatic imine (C=N–C) groups is 2. The van der Waals surface area contributed by atoms with Crippen molar-refractivity contribution in [1.29, 1.82) is 0 Å². The molecule has 1 aromatic heterocycles. The third kappa shape index (κ3) is 5.71. The predicted molar refractivity (Wildman–Crippen MR) is 153 cm³/mol. The molecule has 0 saturated heterocycles. The maximum absolute atomic E-state index is 13.4. The second-order valence-electron chi connectivity index (χ2n) is 9.23. The number of hydrogen-bond acceptors (Lipinski definition) is 7. The topological polar surface area (TPSA) is 103 Å². The Kier molecular flexibility index (Phi) is 7.71. The van der Waals surface area contributed by atoms with Gasteiger partial charge in [0, 0.05) is 16.1 Å². The van der Waals surface area contributed by atoms with E-state index in [0.29, 0.717) is 34.8 Å².